The van der Waals surface area contributed by atoms with Crippen molar-refractivity contribution in [3.63, 3.8) is 0 Å². The highest BCUT2D eigenvalue weighted by atomic mass is 28.4. The van der Waals surface area contributed by atoms with Crippen LogP contribution in [0.5, 0.6) is 0 Å². The van der Waals surface area contributed by atoms with Crippen LogP contribution in [0.2, 0.25) is 0 Å². The monoisotopic (exact) mass is 306 g/mol. The lowest BCUT2D eigenvalue weighted by Gasteiger charge is -2.25. The van der Waals surface area contributed by atoms with Crippen LogP contribution in [0.25, 0.3) is 0 Å². The fourth-order valence-corrected chi connectivity index (χ4v) is 3.02. The number of rotatable bonds is 11. The second kappa shape index (κ2) is 10.1. The van der Waals surface area contributed by atoms with Crippen molar-refractivity contribution in [3.05, 3.63) is 12.2 Å². The zero-order valence-electron chi connectivity index (χ0n) is 12.8. The number of carbonyl (C=O) groups is 1. The van der Waals surface area contributed by atoms with Gasteiger partial charge in [0.2, 0.25) is 0 Å². The summed E-state index contributed by atoms with van der Waals surface area (Å²) in [5.74, 6) is -0.395. The molecule has 0 saturated carbocycles. The summed E-state index contributed by atoms with van der Waals surface area (Å²) in [5.41, 5.74) is 0.378. The molecule has 0 heterocycles. The van der Waals surface area contributed by atoms with E-state index in [2.05, 4.69) is 6.58 Å². The van der Waals surface area contributed by atoms with Gasteiger partial charge in [-0.3, -0.25) is 0 Å². The van der Waals surface area contributed by atoms with Crippen molar-refractivity contribution >= 4 is 15.0 Å². The van der Waals surface area contributed by atoms with E-state index < -0.39 is 15.0 Å². The third-order valence-corrected chi connectivity index (χ3v) is 4.35. The molecule has 1 N–H and O–H groups in total. The first-order valence-corrected chi connectivity index (χ1v) is 8.52. The first-order valence-electron chi connectivity index (χ1n) is 6.85. The van der Waals surface area contributed by atoms with Gasteiger partial charge in [0.25, 0.3) is 0 Å². The third-order valence-electron chi connectivity index (χ3n) is 2.34. The number of ether oxygens (including phenoxy) is 1. The minimum atomic E-state index is -3.53. The maximum absolute atomic E-state index is 11.2. The quantitative estimate of drug-likeness (QED) is 0.271. The molecule has 0 aliphatic rings. The first kappa shape index (κ1) is 19.3. The highest BCUT2D eigenvalue weighted by Crippen LogP contribution is 2.12. The number of carbonyl (C=O) groups excluding carboxylic acids is 1. The standard InChI is InChI=1S/C13H26O6Si/c1-6-17-20(15,18-7-2)19-12(5)9-8-10-16-13(14)11(3)4/h12,15H,3,6-10H2,1-2,4-5H3. The molecule has 0 bridgehead atoms. The maximum atomic E-state index is 11.2. The van der Waals surface area contributed by atoms with Gasteiger partial charge < -0.3 is 22.8 Å². The predicted molar refractivity (Wildman–Crippen MR) is 76.8 cm³/mol. The summed E-state index contributed by atoms with van der Waals surface area (Å²) in [6, 6.07) is 0. The lowest BCUT2D eigenvalue weighted by molar-refractivity contribution is -0.139. The molecule has 0 fully saturated rings. The van der Waals surface area contributed by atoms with Crippen LogP contribution in [0.1, 0.15) is 40.5 Å². The molecule has 7 heteroatoms. The minimum absolute atomic E-state index is 0.242. The van der Waals surface area contributed by atoms with E-state index in [1.165, 1.54) is 0 Å². The van der Waals surface area contributed by atoms with Gasteiger partial charge >= 0.3 is 15.0 Å². The summed E-state index contributed by atoms with van der Waals surface area (Å²) in [5, 5.41) is 0. The molecule has 0 aromatic rings. The molecule has 0 rings (SSSR count). The third kappa shape index (κ3) is 8.44. The Kier molecular flexibility index (Phi) is 9.69. The number of hydrogen-bond donors (Lipinski definition) is 1. The second-order valence-electron chi connectivity index (χ2n) is 4.38. The van der Waals surface area contributed by atoms with Crippen molar-refractivity contribution in [1.82, 2.24) is 0 Å². The minimum Gasteiger partial charge on any atom is -0.462 e. The van der Waals surface area contributed by atoms with Crippen LogP contribution in [0.4, 0.5) is 0 Å². The van der Waals surface area contributed by atoms with E-state index in [0.717, 1.165) is 0 Å². The number of hydrogen-bond acceptors (Lipinski definition) is 6. The van der Waals surface area contributed by atoms with Crippen molar-refractivity contribution < 1.29 is 27.6 Å². The van der Waals surface area contributed by atoms with E-state index >= 15 is 0 Å². The Hall–Kier alpha value is -0.733. The predicted octanol–water partition coefficient (Wildman–Crippen LogP) is 1.79. The van der Waals surface area contributed by atoms with Crippen LogP contribution in [-0.2, 0) is 22.8 Å². The van der Waals surface area contributed by atoms with Gasteiger partial charge in [0.15, 0.2) is 0 Å². The molecule has 1 atom stereocenters. The Morgan fingerprint density at radius 3 is 2.30 bits per heavy atom. The zero-order chi connectivity index (χ0) is 15.6. The van der Waals surface area contributed by atoms with E-state index in [0.29, 0.717) is 38.2 Å². The van der Waals surface area contributed by atoms with Crippen molar-refractivity contribution in [2.45, 2.75) is 46.6 Å². The lowest BCUT2D eigenvalue weighted by atomic mass is 10.2. The van der Waals surface area contributed by atoms with E-state index in [-0.39, 0.29) is 6.10 Å². The Balaban J connectivity index is 3.99. The molecular weight excluding hydrogens is 280 g/mol. The Labute approximate surface area is 122 Å². The maximum Gasteiger partial charge on any atom is 0.677 e. The average Bonchev–Trinajstić information content (AvgIpc) is 2.34. The molecule has 0 amide bonds. The van der Waals surface area contributed by atoms with Gasteiger partial charge in [0.1, 0.15) is 0 Å². The van der Waals surface area contributed by atoms with Gasteiger partial charge in [0, 0.05) is 24.9 Å². The van der Waals surface area contributed by atoms with Gasteiger partial charge in [0.05, 0.1) is 6.61 Å². The fourth-order valence-electron chi connectivity index (χ4n) is 1.45. The number of esters is 1. The normalized spacial score (nSPS) is 13.1. The van der Waals surface area contributed by atoms with Crippen molar-refractivity contribution in [2.24, 2.45) is 0 Å². The average molecular weight is 306 g/mol. The zero-order valence-corrected chi connectivity index (χ0v) is 13.8. The van der Waals surface area contributed by atoms with Gasteiger partial charge in [-0.15, -0.1) is 0 Å². The molecule has 20 heavy (non-hydrogen) atoms. The van der Waals surface area contributed by atoms with Crippen LogP contribution in [0, 0.1) is 0 Å². The van der Waals surface area contributed by atoms with Gasteiger partial charge in [-0.2, -0.15) is 0 Å². The van der Waals surface area contributed by atoms with Crippen LogP contribution >= 0.6 is 0 Å². The van der Waals surface area contributed by atoms with Gasteiger partial charge in [-0.25, -0.2) is 4.79 Å². The van der Waals surface area contributed by atoms with Crippen LogP contribution < -0.4 is 0 Å². The summed E-state index contributed by atoms with van der Waals surface area (Å²) in [7, 11) is -3.53. The molecule has 118 valence electrons. The summed E-state index contributed by atoms with van der Waals surface area (Å²) >= 11 is 0. The SMILES string of the molecule is C=C(C)C(=O)OCCCC(C)O[Si](O)(OCC)OCC. The topological polar surface area (TPSA) is 74.2 Å². The summed E-state index contributed by atoms with van der Waals surface area (Å²) in [4.78, 5) is 21.2. The van der Waals surface area contributed by atoms with E-state index in [1.54, 1.807) is 20.8 Å². The molecule has 6 nitrogen and oxygen atoms in total. The van der Waals surface area contributed by atoms with Crippen molar-refractivity contribution in [1.29, 1.82) is 0 Å². The molecule has 0 aliphatic heterocycles. The summed E-state index contributed by atoms with van der Waals surface area (Å²) in [6.07, 6.45) is 1.01. The first-order chi connectivity index (χ1) is 9.34. The highest BCUT2D eigenvalue weighted by Gasteiger charge is 2.42. The van der Waals surface area contributed by atoms with Crippen LogP contribution in [0.15, 0.2) is 12.2 Å². The molecule has 1 unspecified atom stereocenters. The highest BCUT2D eigenvalue weighted by molar-refractivity contribution is 6.51. The second-order valence-corrected chi connectivity index (χ2v) is 6.24. The van der Waals surface area contributed by atoms with Crippen LogP contribution in [-0.4, -0.2) is 45.7 Å². The van der Waals surface area contributed by atoms with Crippen LogP contribution in [0.3, 0.4) is 0 Å². The van der Waals surface area contributed by atoms with Gasteiger partial charge in [-0.05, 0) is 40.5 Å². The van der Waals surface area contributed by atoms with E-state index in [1.807, 2.05) is 6.92 Å². The molecule has 0 aromatic heterocycles. The molecule has 0 radical (unpaired) electrons. The summed E-state index contributed by atoms with van der Waals surface area (Å²) < 4.78 is 20.8. The van der Waals surface area contributed by atoms with Crippen molar-refractivity contribution in [2.75, 3.05) is 19.8 Å². The smallest absolute Gasteiger partial charge is 0.462 e. The molecule has 0 aromatic carbocycles. The Bertz CT molecular complexity index is 301. The molecule has 0 spiro atoms. The Morgan fingerprint density at radius 1 is 1.30 bits per heavy atom. The summed E-state index contributed by atoms with van der Waals surface area (Å²) in [6.45, 7) is 11.4. The van der Waals surface area contributed by atoms with E-state index in [4.69, 9.17) is 18.0 Å². The largest absolute Gasteiger partial charge is 0.677 e. The van der Waals surface area contributed by atoms with Crippen molar-refractivity contribution in [3.8, 4) is 0 Å². The van der Waals surface area contributed by atoms with E-state index in [9.17, 15) is 9.59 Å². The lowest BCUT2D eigenvalue weighted by Crippen LogP contribution is -2.48. The Morgan fingerprint density at radius 2 is 1.85 bits per heavy atom. The molecular formula is C13H26O6Si. The van der Waals surface area contributed by atoms with Gasteiger partial charge in [-0.1, -0.05) is 6.58 Å². The fraction of sp³-hybridized carbons (Fsp3) is 0.769. The molecule has 0 aliphatic carbocycles. The molecule has 0 saturated heterocycles.